The fourth-order valence-electron chi connectivity index (χ4n) is 1.36. The van der Waals surface area contributed by atoms with E-state index in [1.54, 1.807) is 7.11 Å². The van der Waals surface area contributed by atoms with E-state index in [2.05, 4.69) is 6.07 Å². The first kappa shape index (κ1) is 10.9. The van der Waals surface area contributed by atoms with Crippen molar-refractivity contribution < 1.29 is 4.74 Å². The molecule has 0 aromatic heterocycles. The fraction of sp³-hybridized carbons (Fsp3) is 0.364. The molecule has 0 aliphatic rings. The smallest absolute Gasteiger partial charge is 0.137 e. The minimum atomic E-state index is -0.138. The number of methoxy groups -OCH3 is 1. The van der Waals surface area contributed by atoms with E-state index in [0.717, 1.165) is 11.1 Å². The zero-order valence-electron chi connectivity index (χ0n) is 8.47. The van der Waals surface area contributed by atoms with E-state index < -0.39 is 0 Å². The van der Waals surface area contributed by atoms with Crippen LogP contribution in [0.15, 0.2) is 12.1 Å². The van der Waals surface area contributed by atoms with E-state index in [1.165, 1.54) is 0 Å². The summed E-state index contributed by atoms with van der Waals surface area (Å²) in [6.45, 7) is 3.80. The Bertz CT molecular complexity index is 382. The van der Waals surface area contributed by atoms with Gasteiger partial charge in [-0.25, -0.2) is 0 Å². The molecule has 0 saturated carbocycles. The Kier molecular flexibility index (Phi) is 3.38. The Morgan fingerprint density at radius 2 is 2.14 bits per heavy atom. The SMILES string of the molecule is COc1cc(C(C)C#N)c(C)cc1Cl. The Morgan fingerprint density at radius 1 is 1.50 bits per heavy atom. The number of ether oxygens (including phenoxy) is 1. The maximum absolute atomic E-state index is 8.82. The van der Waals surface area contributed by atoms with E-state index in [0.29, 0.717) is 10.8 Å². The molecule has 2 nitrogen and oxygen atoms in total. The highest BCUT2D eigenvalue weighted by atomic mass is 35.5. The van der Waals surface area contributed by atoms with Crippen LogP contribution in [-0.2, 0) is 0 Å². The number of benzene rings is 1. The van der Waals surface area contributed by atoms with Crippen LogP contribution in [0.4, 0.5) is 0 Å². The van der Waals surface area contributed by atoms with Gasteiger partial charge in [-0.15, -0.1) is 0 Å². The molecule has 1 rings (SSSR count). The van der Waals surface area contributed by atoms with Gasteiger partial charge in [-0.3, -0.25) is 0 Å². The van der Waals surface area contributed by atoms with Crippen molar-refractivity contribution in [2.45, 2.75) is 19.8 Å². The van der Waals surface area contributed by atoms with Crippen LogP contribution in [0.3, 0.4) is 0 Å². The molecule has 1 atom stereocenters. The van der Waals surface area contributed by atoms with Crippen molar-refractivity contribution in [1.82, 2.24) is 0 Å². The van der Waals surface area contributed by atoms with Gasteiger partial charge in [0.25, 0.3) is 0 Å². The van der Waals surface area contributed by atoms with Crippen molar-refractivity contribution in [3.05, 3.63) is 28.3 Å². The van der Waals surface area contributed by atoms with Gasteiger partial charge < -0.3 is 4.74 Å². The molecular weight excluding hydrogens is 198 g/mol. The quantitative estimate of drug-likeness (QED) is 0.749. The summed E-state index contributed by atoms with van der Waals surface area (Å²) < 4.78 is 5.09. The number of nitrogens with zero attached hydrogens (tertiary/aromatic N) is 1. The molecule has 3 heteroatoms. The lowest BCUT2D eigenvalue weighted by molar-refractivity contribution is 0.414. The highest BCUT2D eigenvalue weighted by Gasteiger charge is 2.11. The highest BCUT2D eigenvalue weighted by Crippen LogP contribution is 2.31. The standard InChI is InChI=1S/C11H12ClNO/c1-7-4-10(12)11(14-3)5-9(7)8(2)6-13/h4-5,8H,1-3H3. The highest BCUT2D eigenvalue weighted by molar-refractivity contribution is 6.32. The third-order valence-corrected chi connectivity index (χ3v) is 2.50. The van der Waals surface area contributed by atoms with Gasteiger partial charge in [0.2, 0.25) is 0 Å². The van der Waals surface area contributed by atoms with Gasteiger partial charge in [0.15, 0.2) is 0 Å². The molecular formula is C11H12ClNO. The summed E-state index contributed by atoms with van der Waals surface area (Å²) >= 11 is 5.94. The van der Waals surface area contributed by atoms with E-state index in [4.69, 9.17) is 21.6 Å². The normalized spacial score (nSPS) is 11.9. The summed E-state index contributed by atoms with van der Waals surface area (Å²) in [6.07, 6.45) is 0. The van der Waals surface area contributed by atoms with Gasteiger partial charge in [0, 0.05) is 0 Å². The summed E-state index contributed by atoms with van der Waals surface area (Å²) in [4.78, 5) is 0. The van der Waals surface area contributed by atoms with E-state index in [-0.39, 0.29) is 5.92 Å². The maximum Gasteiger partial charge on any atom is 0.137 e. The molecule has 1 aromatic carbocycles. The second-order valence-corrected chi connectivity index (χ2v) is 3.60. The molecule has 1 aromatic rings. The lowest BCUT2D eigenvalue weighted by Crippen LogP contribution is -1.95. The zero-order valence-corrected chi connectivity index (χ0v) is 9.22. The number of aryl methyl sites for hydroxylation is 1. The van der Waals surface area contributed by atoms with Crippen LogP contribution in [0.25, 0.3) is 0 Å². The van der Waals surface area contributed by atoms with Gasteiger partial charge in [0.05, 0.1) is 24.1 Å². The Labute approximate surface area is 89.1 Å². The van der Waals surface area contributed by atoms with Gasteiger partial charge in [0.1, 0.15) is 5.75 Å². The van der Waals surface area contributed by atoms with Crippen molar-refractivity contribution >= 4 is 11.6 Å². The molecule has 0 bridgehead atoms. The number of rotatable bonds is 2. The van der Waals surface area contributed by atoms with Crippen LogP contribution < -0.4 is 4.74 Å². The van der Waals surface area contributed by atoms with Gasteiger partial charge >= 0.3 is 0 Å². The van der Waals surface area contributed by atoms with E-state index in [9.17, 15) is 0 Å². The number of hydrogen-bond donors (Lipinski definition) is 0. The Balaban J connectivity index is 3.25. The van der Waals surface area contributed by atoms with Crippen LogP contribution in [-0.4, -0.2) is 7.11 Å². The second-order valence-electron chi connectivity index (χ2n) is 3.19. The number of halogens is 1. The third-order valence-electron chi connectivity index (χ3n) is 2.20. The Hall–Kier alpha value is -1.20. The summed E-state index contributed by atoms with van der Waals surface area (Å²) in [7, 11) is 1.57. The Morgan fingerprint density at radius 3 is 2.64 bits per heavy atom. The molecule has 0 aliphatic heterocycles. The monoisotopic (exact) mass is 209 g/mol. The van der Waals surface area contributed by atoms with Crippen LogP contribution in [0, 0.1) is 18.3 Å². The first-order chi connectivity index (χ1) is 6.60. The molecule has 0 spiro atoms. The minimum Gasteiger partial charge on any atom is -0.495 e. The zero-order chi connectivity index (χ0) is 10.7. The lowest BCUT2D eigenvalue weighted by atomic mass is 9.97. The number of hydrogen-bond acceptors (Lipinski definition) is 2. The first-order valence-electron chi connectivity index (χ1n) is 4.33. The number of nitriles is 1. The molecule has 0 amide bonds. The molecule has 0 heterocycles. The molecule has 0 radical (unpaired) electrons. The molecule has 74 valence electrons. The van der Waals surface area contributed by atoms with Gasteiger partial charge in [-0.2, -0.15) is 5.26 Å². The van der Waals surface area contributed by atoms with E-state index in [1.807, 2.05) is 26.0 Å². The van der Waals surface area contributed by atoms with Crippen LogP contribution in [0.2, 0.25) is 5.02 Å². The molecule has 14 heavy (non-hydrogen) atoms. The van der Waals surface area contributed by atoms with Gasteiger partial charge in [-0.1, -0.05) is 11.6 Å². The second kappa shape index (κ2) is 4.34. The molecule has 1 unspecified atom stereocenters. The minimum absolute atomic E-state index is 0.138. The molecule has 0 saturated heterocycles. The van der Waals surface area contributed by atoms with Crippen molar-refractivity contribution in [2.24, 2.45) is 0 Å². The summed E-state index contributed by atoms with van der Waals surface area (Å²) in [6, 6.07) is 5.84. The predicted molar refractivity (Wildman–Crippen MR) is 56.8 cm³/mol. The maximum atomic E-state index is 8.82. The predicted octanol–water partition coefficient (Wildman–Crippen LogP) is 3.28. The topological polar surface area (TPSA) is 33.0 Å². The van der Waals surface area contributed by atoms with E-state index >= 15 is 0 Å². The molecule has 0 fully saturated rings. The third kappa shape index (κ3) is 2.00. The lowest BCUT2D eigenvalue weighted by Gasteiger charge is -2.11. The fourth-order valence-corrected chi connectivity index (χ4v) is 1.66. The molecule has 0 aliphatic carbocycles. The van der Waals surface area contributed by atoms with Gasteiger partial charge in [-0.05, 0) is 37.1 Å². The van der Waals surface area contributed by atoms with Crippen molar-refractivity contribution in [2.75, 3.05) is 7.11 Å². The first-order valence-corrected chi connectivity index (χ1v) is 4.71. The average molecular weight is 210 g/mol. The summed E-state index contributed by atoms with van der Waals surface area (Å²) in [5, 5.41) is 9.40. The summed E-state index contributed by atoms with van der Waals surface area (Å²) in [5.74, 6) is 0.482. The van der Waals surface area contributed by atoms with Crippen molar-refractivity contribution in [3.63, 3.8) is 0 Å². The summed E-state index contributed by atoms with van der Waals surface area (Å²) in [5.41, 5.74) is 1.98. The molecule has 0 N–H and O–H groups in total. The largest absolute Gasteiger partial charge is 0.495 e. The van der Waals surface area contributed by atoms with Crippen LogP contribution in [0.5, 0.6) is 5.75 Å². The average Bonchev–Trinajstić information content (AvgIpc) is 2.17. The van der Waals surface area contributed by atoms with Crippen molar-refractivity contribution in [3.8, 4) is 11.8 Å². The van der Waals surface area contributed by atoms with Crippen LogP contribution >= 0.6 is 11.6 Å². The van der Waals surface area contributed by atoms with Crippen LogP contribution in [0.1, 0.15) is 24.0 Å². The van der Waals surface area contributed by atoms with Crippen molar-refractivity contribution in [1.29, 1.82) is 5.26 Å².